The van der Waals surface area contributed by atoms with Gasteiger partial charge in [0.1, 0.15) is 6.29 Å². The number of nitrogens with zero attached hydrogens (tertiary/aromatic N) is 1. The van der Waals surface area contributed by atoms with Crippen LogP contribution in [-0.4, -0.2) is 19.4 Å². The van der Waals surface area contributed by atoms with Gasteiger partial charge in [-0.2, -0.15) is 0 Å². The van der Waals surface area contributed by atoms with Crippen molar-refractivity contribution in [3.8, 4) is 0 Å². The normalized spacial score (nSPS) is 17.8. The molecule has 0 atom stereocenters. The van der Waals surface area contributed by atoms with Gasteiger partial charge in [-0.3, -0.25) is 0 Å². The van der Waals surface area contributed by atoms with Crippen molar-refractivity contribution in [2.75, 3.05) is 18.0 Å². The fraction of sp³-hybridized carbons (Fsp3) is 0.417. The monoisotopic (exact) mass is 223 g/mol. The van der Waals surface area contributed by atoms with Crippen LogP contribution in [0, 0.1) is 5.92 Å². The van der Waals surface area contributed by atoms with E-state index in [-0.39, 0.29) is 5.92 Å². The van der Waals surface area contributed by atoms with E-state index in [0.29, 0.717) is 0 Å². The molecule has 0 amide bonds. The van der Waals surface area contributed by atoms with Crippen LogP contribution >= 0.6 is 11.6 Å². The molecule has 80 valence electrons. The zero-order valence-electron chi connectivity index (χ0n) is 8.53. The van der Waals surface area contributed by atoms with Crippen LogP contribution in [0.2, 0.25) is 5.02 Å². The number of piperidine rings is 1. The largest absolute Gasteiger partial charge is 0.371 e. The van der Waals surface area contributed by atoms with Gasteiger partial charge < -0.3 is 9.69 Å². The van der Waals surface area contributed by atoms with E-state index in [0.717, 1.165) is 42.9 Å². The number of hydrogen-bond donors (Lipinski definition) is 0. The van der Waals surface area contributed by atoms with E-state index in [1.165, 1.54) is 0 Å². The fourth-order valence-corrected chi connectivity index (χ4v) is 2.15. The van der Waals surface area contributed by atoms with Gasteiger partial charge >= 0.3 is 0 Å². The molecule has 0 bridgehead atoms. The first kappa shape index (κ1) is 10.5. The third-order valence-corrected chi connectivity index (χ3v) is 3.14. The molecule has 15 heavy (non-hydrogen) atoms. The average Bonchev–Trinajstić information content (AvgIpc) is 2.29. The highest BCUT2D eigenvalue weighted by molar-refractivity contribution is 6.30. The minimum absolute atomic E-state index is 0.250. The standard InChI is InChI=1S/C12H14ClNO/c13-11-2-1-3-12(8-11)14-6-4-10(9-15)5-7-14/h1-3,8-10H,4-7H2. The lowest BCUT2D eigenvalue weighted by Crippen LogP contribution is -2.33. The summed E-state index contributed by atoms with van der Waals surface area (Å²) in [5, 5.41) is 0.769. The Bertz CT molecular complexity index is 345. The number of rotatable bonds is 2. The van der Waals surface area contributed by atoms with Gasteiger partial charge in [-0.1, -0.05) is 17.7 Å². The quantitative estimate of drug-likeness (QED) is 0.719. The lowest BCUT2D eigenvalue weighted by atomic mass is 9.98. The highest BCUT2D eigenvalue weighted by Gasteiger charge is 2.18. The van der Waals surface area contributed by atoms with Crippen molar-refractivity contribution < 1.29 is 4.79 Å². The average molecular weight is 224 g/mol. The molecule has 0 spiro atoms. The van der Waals surface area contributed by atoms with Crippen LogP contribution in [0.5, 0.6) is 0 Å². The van der Waals surface area contributed by atoms with Crippen molar-refractivity contribution in [3.05, 3.63) is 29.3 Å². The molecule has 1 aliphatic rings. The van der Waals surface area contributed by atoms with Crippen LogP contribution < -0.4 is 4.90 Å². The Balaban J connectivity index is 2.04. The summed E-state index contributed by atoms with van der Waals surface area (Å²) in [4.78, 5) is 12.9. The molecule has 3 heteroatoms. The van der Waals surface area contributed by atoms with Crippen LogP contribution in [0.4, 0.5) is 5.69 Å². The molecule has 0 unspecified atom stereocenters. The maximum atomic E-state index is 10.6. The van der Waals surface area contributed by atoms with Gasteiger partial charge in [0.05, 0.1) is 0 Å². The summed E-state index contributed by atoms with van der Waals surface area (Å²) in [6, 6.07) is 7.88. The molecule has 1 aromatic rings. The Morgan fingerprint density at radius 1 is 1.33 bits per heavy atom. The summed E-state index contributed by atoms with van der Waals surface area (Å²) < 4.78 is 0. The van der Waals surface area contributed by atoms with Gasteiger partial charge in [0.2, 0.25) is 0 Å². The van der Waals surface area contributed by atoms with Crippen LogP contribution in [0.3, 0.4) is 0 Å². The summed E-state index contributed by atoms with van der Waals surface area (Å²) in [6.45, 7) is 1.90. The molecule has 1 heterocycles. The Morgan fingerprint density at radius 2 is 2.07 bits per heavy atom. The molecular formula is C12H14ClNO. The van der Waals surface area contributed by atoms with Gasteiger partial charge in [0.15, 0.2) is 0 Å². The number of anilines is 1. The summed E-state index contributed by atoms with van der Waals surface area (Å²) in [7, 11) is 0. The van der Waals surface area contributed by atoms with Crippen LogP contribution in [-0.2, 0) is 4.79 Å². The number of benzene rings is 1. The van der Waals surface area contributed by atoms with E-state index < -0.39 is 0 Å². The molecule has 2 nitrogen and oxygen atoms in total. The highest BCUT2D eigenvalue weighted by atomic mass is 35.5. The molecule has 1 aliphatic heterocycles. The molecule has 0 aliphatic carbocycles. The van der Waals surface area contributed by atoms with E-state index in [4.69, 9.17) is 11.6 Å². The topological polar surface area (TPSA) is 20.3 Å². The molecule has 0 saturated carbocycles. The molecular weight excluding hydrogens is 210 g/mol. The van der Waals surface area contributed by atoms with E-state index in [2.05, 4.69) is 11.0 Å². The summed E-state index contributed by atoms with van der Waals surface area (Å²) in [5.41, 5.74) is 1.16. The number of hydrogen-bond acceptors (Lipinski definition) is 2. The predicted molar refractivity (Wildman–Crippen MR) is 62.5 cm³/mol. The zero-order chi connectivity index (χ0) is 10.7. The molecule has 0 radical (unpaired) electrons. The number of halogens is 1. The van der Waals surface area contributed by atoms with Gasteiger partial charge in [-0.25, -0.2) is 0 Å². The molecule has 1 fully saturated rings. The Hall–Kier alpha value is -1.02. The maximum Gasteiger partial charge on any atom is 0.123 e. The minimum Gasteiger partial charge on any atom is -0.371 e. The van der Waals surface area contributed by atoms with Crippen molar-refractivity contribution in [1.29, 1.82) is 0 Å². The second kappa shape index (κ2) is 4.67. The van der Waals surface area contributed by atoms with Gasteiger partial charge in [0.25, 0.3) is 0 Å². The predicted octanol–water partition coefficient (Wildman–Crippen LogP) is 2.76. The van der Waals surface area contributed by atoms with Crippen molar-refractivity contribution >= 4 is 23.6 Å². The van der Waals surface area contributed by atoms with Crippen molar-refractivity contribution in [2.45, 2.75) is 12.8 Å². The zero-order valence-corrected chi connectivity index (χ0v) is 9.28. The van der Waals surface area contributed by atoms with Gasteiger partial charge in [0, 0.05) is 29.7 Å². The van der Waals surface area contributed by atoms with Crippen molar-refractivity contribution in [2.24, 2.45) is 5.92 Å². The second-order valence-electron chi connectivity index (χ2n) is 3.94. The molecule has 1 aromatic carbocycles. The second-order valence-corrected chi connectivity index (χ2v) is 4.38. The Kier molecular flexibility index (Phi) is 3.27. The first-order valence-electron chi connectivity index (χ1n) is 5.25. The van der Waals surface area contributed by atoms with Crippen LogP contribution in [0.15, 0.2) is 24.3 Å². The third kappa shape index (κ3) is 2.51. The first-order valence-corrected chi connectivity index (χ1v) is 5.63. The van der Waals surface area contributed by atoms with E-state index in [9.17, 15) is 4.79 Å². The number of carbonyl (C=O) groups is 1. The van der Waals surface area contributed by atoms with Crippen LogP contribution in [0.1, 0.15) is 12.8 Å². The smallest absolute Gasteiger partial charge is 0.123 e. The Morgan fingerprint density at radius 3 is 2.67 bits per heavy atom. The fourth-order valence-electron chi connectivity index (χ4n) is 1.97. The number of carbonyl (C=O) groups excluding carboxylic acids is 1. The third-order valence-electron chi connectivity index (χ3n) is 2.91. The highest BCUT2D eigenvalue weighted by Crippen LogP contribution is 2.24. The lowest BCUT2D eigenvalue weighted by Gasteiger charge is -2.31. The Labute approximate surface area is 94.8 Å². The molecule has 0 aromatic heterocycles. The van der Waals surface area contributed by atoms with E-state index in [1.54, 1.807) is 0 Å². The van der Waals surface area contributed by atoms with Crippen LogP contribution in [0.25, 0.3) is 0 Å². The van der Waals surface area contributed by atoms with Crippen molar-refractivity contribution in [1.82, 2.24) is 0 Å². The molecule has 0 N–H and O–H groups in total. The summed E-state index contributed by atoms with van der Waals surface area (Å²) in [5.74, 6) is 0.250. The summed E-state index contributed by atoms with van der Waals surface area (Å²) >= 11 is 5.94. The summed E-state index contributed by atoms with van der Waals surface area (Å²) in [6.07, 6.45) is 2.99. The van der Waals surface area contributed by atoms with E-state index in [1.807, 2.05) is 18.2 Å². The van der Waals surface area contributed by atoms with Crippen molar-refractivity contribution in [3.63, 3.8) is 0 Å². The maximum absolute atomic E-state index is 10.6. The molecule has 2 rings (SSSR count). The lowest BCUT2D eigenvalue weighted by molar-refractivity contribution is -0.111. The minimum atomic E-state index is 0.250. The molecule has 1 saturated heterocycles. The van der Waals surface area contributed by atoms with Gasteiger partial charge in [-0.05, 0) is 31.0 Å². The first-order chi connectivity index (χ1) is 7.29. The van der Waals surface area contributed by atoms with E-state index >= 15 is 0 Å². The van der Waals surface area contributed by atoms with Gasteiger partial charge in [-0.15, -0.1) is 0 Å². The SMILES string of the molecule is O=CC1CCN(c2cccc(Cl)c2)CC1. The number of aldehydes is 1.